The highest BCUT2D eigenvalue weighted by molar-refractivity contribution is 7.80. The zero-order valence-electron chi connectivity index (χ0n) is 28.5. The van der Waals surface area contributed by atoms with Crippen LogP contribution in [0.25, 0.3) is 0 Å². The summed E-state index contributed by atoms with van der Waals surface area (Å²) in [6.45, 7) is 0.683. The molecule has 0 aromatic heterocycles. The molecule has 0 aliphatic heterocycles. The fourth-order valence-corrected chi connectivity index (χ4v) is 4.87. The Morgan fingerprint density at radius 2 is 0.776 bits per heavy atom. The zero-order valence-corrected chi connectivity index (χ0v) is 29.4. The second-order valence-electron chi connectivity index (χ2n) is 11.8. The van der Waals surface area contributed by atoms with Crippen LogP contribution in [0.15, 0.2) is 0 Å². The number of hydrogen-bond acceptors (Lipinski definition) is 13. The highest BCUT2D eigenvalue weighted by Crippen LogP contribution is 2.09. The molecule has 6 amide bonds. The van der Waals surface area contributed by atoms with E-state index in [-0.39, 0.29) is 31.4 Å². The molecule has 0 spiro atoms. The van der Waals surface area contributed by atoms with E-state index in [1.54, 1.807) is 0 Å². The van der Waals surface area contributed by atoms with E-state index in [1.165, 1.54) is 0 Å². The lowest BCUT2D eigenvalue weighted by atomic mass is 10.0. The third-order valence-electron chi connectivity index (χ3n) is 7.70. The van der Waals surface area contributed by atoms with Gasteiger partial charge < -0.3 is 66.1 Å². The minimum Gasteiger partial charge on any atom is -0.394 e. The first kappa shape index (κ1) is 45.9. The molecule has 0 radical (unpaired) electrons. The maximum absolute atomic E-state index is 13.7. The number of aliphatic hydroxyl groups is 1. The van der Waals surface area contributed by atoms with E-state index in [0.29, 0.717) is 77.5 Å². The highest BCUT2D eigenvalue weighted by Gasteiger charge is 2.32. The topological polar surface area (TPSA) is 339 Å². The summed E-state index contributed by atoms with van der Waals surface area (Å²) in [6, 6.07) is -6.76. The van der Waals surface area contributed by atoms with Gasteiger partial charge in [-0.05, 0) is 103 Å². The molecule has 0 aliphatic rings. The molecule has 6 atom stereocenters. The molecule has 0 aromatic carbocycles. The summed E-state index contributed by atoms with van der Waals surface area (Å²) >= 11 is 3.96. The molecule has 0 heterocycles. The van der Waals surface area contributed by atoms with Crippen LogP contribution in [0.4, 0.5) is 0 Å². The average molecular weight is 720 g/mol. The number of carbonyl (C=O) groups excluding carboxylic acids is 6. The SMILES string of the molecule is NCCCCC(NC(=O)[C@H](CCCCN)NC(=O)[C@H](CCCCN)NC(=O)[C@H](CCCCN)NC(=O)C(CO)NC(=O)[C@@H](N)CS)C(N)=O. The first-order chi connectivity index (χ1) is 23.4. The van der Waals surface area contributed by atoms with Gasteiger partial charge in [-0.15, -0.1) is 0 Å². The molecule has 0 fully saturated rings. The van der Waals surface area contributed by atoms with Gasteiger partial charge in [0.15, 0.2) is 0 Å². The maximum Gasteiger partial charge on any atom is 0.245 e. The number of nitrogens with two attached hydrogens (primary N) is 6. The van der Waals surface area contributed by atoms with Gasteiger partial charge in [0.1, 0.15) is 30.2 Å². The summed E-state index contributed by atoms with van der Waals surface area (Å²) in [6.07, 6.45) is 5.02. The lowest BCUT2D eigenvalue weighted by Crippen LogP contribution is -2.60. The van der Waals surface area contributed by atoms with Crippen molar-refractivity contribution in [2.45, 2.75) is 113 Å². The summed E-state index contributed by atoms with van der Waals surface area (Å²) in [5, 5.41) is 22.6. The van der Waals surface area contributed by atoms with E-state index in [9.17, 15) is 33.9 Å². The molecule has 18 nitrogen and oxygen atoms in total. The lowest BCUT2D eigenvalue weighted by Gasteiger charge is -2.27. The molecule has 49 heavy (non-hydrogen) atoms. The number of hydrogen-bond donors (Lipinski definition) is 13. The number of nitrogens with one attached hydrogen (secondary N) is 5. The number of carbonyl (C=O) groups is 6. The van der Waals surface area contributed by atoms with Crippen LogP contribution in [0.2, 0.25) is 0 Å². The molecule has 0 aliphatic carbocycles. The van der Waals surface area contributed by atoms with Crippen molar-refractivity contribution in [1.29, 1.82) is 0 Å². The smallest absolute Gasteiger partial charge is 0.245 e. The Morgan fingerprint density at radius 1 is 0.490 bits per heavy atom. The van der Waals surface area contributed by atoms with E-state index in [1.807, 2.05) is 0 Å². The van der Waals surface area contributed by atoms with Crippen molar-refractivity contribution in [1.82, 2.24) is 26.6 Å². The Labute approximate surface area is 294 Å². The van der Waals surface area contributed by atoms with Crippen molar-refractivity contribution < 1.29 is 33.9 Å². The molecule has 19 heteroatoms. The van der Waals surface area contributed by atoms with Crippen molar-refractivity contribution in [2.24, 2.45) is 34.4 Å². The first-order valence-electron chi connectivity index (χ1n) is 17.0. The van der Waals surface area contributed by atoms with Gasteiger partial charge in [0.05, 0.1) is 12.6 Å². The molecule has 0 rings (SSSR count). The third-order valence-corrected chi connectivity index (χ3v) is 8.09. The predicted molar refractivity (Wildman–Crippen MR) is 189 cm³/mol. The minimum atomic E-state index is -1.40. The second-order valence-corrected chi connectivity index (χ2v) is 12.2. The van der Waals surface area contributed by atoms with Gasteiger partial charge in [-0.1, -0.05) is 0 Å². The minimum absolute atomic E-state index is 0.000611. The van der Waals surface area contributed by atoms with Crippen LogP contribution in [-0.2, 0) is 28.8 Å². The van der Waals surface area contributed by atoms with Crippen molar-refractivity contribution in [2.75, 3.05) is 38.5 Å². The molecule has 0 aromatic rings. The highest BCUT2D eigenvalue weighted by atomic mass is 32.1. The van der Waals surface area contributed by atoms with Gasteiger partial charge in [0, 0.05) is 5.75 Å². The fourth-order valence-electron chi connectivity index (χ4n) is 4.71. The summed E-state index contributed by atoms with van der Waals surface area (Å²) < 4.78 is 0. The van der Waals surface area contributed by atoms with Gasteiger partial charge in [-0.25, -0.2) is 0 Å². The number of rotatable bonds is 29. The number of aliphatic hydroxyl groups excluding tert-OH is 1. The van der Waals surface area contributed by atoms with Crippen LogP contribution >= 0.6 is 12.6 Å². The summed E-state index contributed by atoms with van der Waals surface area (Å²) in [7, 11) is 0. The fraction of sp³-hybridized carbons (Fsp3) is 0.800. The van der Waals surface area contributed by atoms with E-state index >= 15 is 0 Å². The Morgan fingerprint density at radius 3 is 1.06 bits per heavy atom. The number of thiol groups is 1. The van der Waals surface area contributed by atoms with Crippen LogP contribution < -0.4 is 61.0 Å². The first-order valence-corrected chi connectivity index (χ1v) is 17.6. The Hall–Kier alpha value is -3.07. The number of primary amides is 1. The normalized spacial score (nSPS) is 14.8. The molecule has 0 saturated heterocycles. The van der Waals surface area contributed by atoms with Crippen molar-refractivity contribution >= 4 is 48.1 Å². The summed E-state index contributed by atoms with van der Waals surface area (Å²) in [5.41, 5.74) is 33.6. The van der Waals surface area contributed by atoms with E-state index < -0.39 is 78.3 Å². The maximum atomic E-state index is 13.7. The predicted octanol–water partition coefficient (Wildman–Crippen LogP) is -4.34. The molecular weight excluding hydrogens is 658 g/mol. The largest absolute Gasteiger partial charge is 0.394 e. The quantitative estimate of drug-likeness (QED) is 0.0258. The van der Waals surface area contributed by atoms with Gasteiger partial charge >= 0.3 is 0 Å². The second kappa shape index (κ2) is 27.7. The Bertz CT molecular complexity index is 1010. The summed E-state index contributed by atoms with van der Waals surface area (Å²) in [5.74, 6) is -4.26. The van der Waals surface area contributed by atoms with Crippen LogP contribution in [0.3, 0.4) is 0 Å². The molecule has 18 N–H and O–H groups in total. The van der Waals surface area contributed by atoms with Crippen molar-refractivity contribution in [3.63, 3.8) is 0 Å². The van der Waals surface area contributed by atoms with Crippen LogP contribution in [-0.4, -0.2) is 115 Å². The third kappa shape index (κ3) is 19.6. The number of unbranched alkanes of at least 4 members (excludes halogenated alkanes) is 4. The molecule has 0 bridgehead atoms. The molecule has 2 unspecified atom stereocenters. The Kier molecular flexibility index (Phi) is 26.0. The van der Waals surface area contributed by atoms with Gasteiger partial charge in [-0.3, -0.25) is 28.8 Å². The monoisotopic (exact) mass is 719 g/mol. The van der Waals surface area contributed by atoms with E-state index in [0.717, 1.165) is 0 Å². The molecule has 0 saturated carbocycles. The number of amides is 6. The van der Waals surface area contributed by atoms with E-state index in [4.69, 9.17) is 34.4 Å². The zero-order chi connectivity index (χ0) is 37.2. The van der Waals surface area contributed by atoms with Crippen molar-refractivity contribution in [3.8, 4) is 0 Å². The lowest BCUT2D eigenvalue weighted by molar-refractivity contribution is -0.135. The van der Waals surface area contributed by atoms with E-state index in [2.05, 4.69) is 39.2 Å². The van der Waals surface area contributed by atoms with Crippen LogP contribution in [0.5, 0.6) is 0 Å². The van der Waals surface area contributed by atoms with Gasteiger partial charge in [0.25, 0.3) is 0 Å². The van der Waals surface area contributed by atoms with Gasteiger partial charge in [0.2, 0.25) is 35.4 Å². The molecule has 284 valence electrons. The van der Waals surface area contributed by atoms with Gasteiger partial charge in [-0.2, -0.15) is 12.6 Å². The van der Waals surface area contributed by atoms with Crippen LogP contribution in [0, 0.1) is 0 Å². The van der Waals surface area contributed by atoms with Crippen LogP contribution in [0.1, 0.15) is 77.0 Å². The molecular formula is C30H61N11O7S. The Balaban J connectivity index is 6.06. The van der Waals surface area contributed by atoms with Crippen molar-refractivity contribution in [3.05, 3.63) is 0 Å². The average Bonchev–Trinajstić information content (AvgIpc) is 3.08. The summed E-state index contributed by atoms with van der Waals surface area (Å²) in [4.78, 5) is 77.8. The standard InChI is InChI=1S/C30H61N11O7S/c31-13-5-1-9-20(25(36)43)37-27(45)21(10-2-6-14-32)38-28(46)22(11-3-7-15-33)39-29(47)23(12-4-8-16-34)40-30(48)24(17-42)41-26(44)19(35)18-49/h19-24,42,49H,1-18,31-35H2,(H2,36,43)(H,37,45)(H,38,46)(H,39,47)(H,40,48)(H,41,44)/t19-,20?,21-,22-,23-,24?/m0/s1.